The van der Waals surface area contributed by atoms with Gasteiger partial charge in [-0.2, -0.15) is 0 Å². The Balaban J connectivity index is 1.60. The molecule has 4 rings (SSSR count). The molecule has 8 heteroatoms. The number of para-hydroxylation sites is 1. The normalized spacial score (nSPS) is 29.0. The Hall–Kier alpha value is -2.12. The summed E-state index contributed by atoms with van der Waals surface area (Å²) in [5.41, 5.74) is -1.57. The van der Waals surface area contributed by atoms with Crippen molar-refractivity contribution < 1.29 is 19.1 Å². The summed E-state index contributed by atoms with van der Waals surface area (Å²) >= 11 is 7.56. The molecule has 6 nitrogen and oxygen atoms in total. The smallest absolute Gasteiger partial charge is 0.324 e. The average Bonchev–Trinajstić information content (AvgIpc) is 3.19. The molecule has 2 saturated heterocycles. The first kappa shape index (κ1) is 18.3. The maximum Gasteiger partial charge on any atom is 0.324 e. The highest BCUT2D eigenvalue weighted by Crippen LogP contribution is 2.54. The van der Waals surface area contributed by atoms with E-state index in [1.54, 1.807) is 26.8 Å². The molecule has 0 amide bonds. The van der Waals surface area contributed by atoms with Crippen LogP contribution in [0.5, 0.6) is 0 Å². The number of hydrogen-bond donors (Lipinski definition) is 1. The van der Waals surface area contributed by atoms with E-state index < -0.39 is 28.6 Å². The van der Waals surface area contributed by atoms with Crippen molar-refractivity contribution in [3.63, 3.8) is 0 Å². The first-order valence-corrected chi connectivity index (χ1v) is 9.84. The predicted molar refractivity (Wildman–Crippen MR) is 102 cm³/mol. The fourth-order valence-corrected chi connectivity index (χ4v) is 4.88. The minimum absolute atomic E-state index is 0.219. The first-order chi connectivity index (χ1) is 12.6. The van der Waals surface area contributed by atoms with Crippen molar-refractivity contribution in [1.82, 2.24) is 4.98 Å². The van der Waals surface area contributed by atoms with E-state index in [-0.39, 0.29) is 6.42 Å². The lowest BCUT2D eigenvalue weighted by atomic mass is 9.75. The highest BCUT2D eigenvalue weighted by Gasteiger charge is 2.67. The van der Waals surface area contributed by atoms with E-state index in [1.165, 1.54) is 11.3 Å². The van der Waals surface area contributed by atoms with E-state index >= 15 is 0 Å². The molecule has 0 saturated carbocycles. The second kappa shape index (κ2) is 5.94. The Morgan fingerprint density at radius 2 is 1.81 bits per heavy atom. The molecule has 27 heavy (non-hydrogen) atoms. The molecule has 1 spiro atoms. The fourth-order valence-electron chi connectivity index (χ4n) is 3.85. The van der Waals surface area contributed by atoms with Crippen LogP contribution in [0.4, 0.5) is 10.8 Å². The fraction of sp³-hybridized carbons (Fsp3) is 0.421. The molecule has 2 aliphatic rings. The van der Waals surface area contributed by atoms with Crippen LogP contribution < -0.4 is 5.32 Å². The number of thiazole rings is 1. The number of hydrogen-bond acceptors (Lipinski definition) is 7. The zero-order chi connectivity index (χ0) is 19.4. The molecule has 0 unspecified atom stereocenters. The zero-order valence-corrected chi connectivity index (χ0v) is 16.7. The van der Waals surface area contributed by atoms with Crippen LogP contribution in [-0.2, 0) is 24.7 Å². The van der Waals surface area contributed by atoms with Gasteiger partial charge in [0.25, 0.3) is 0 Å². The summed E-state index contributed by atoms with van der Waals surface area (Å²) in [7, 11) is 0. The molecule has 1 aromatic carbocycles. The van der Waals surface area contributed by atoms with Gasteiger partial charge in [-0.3, -0.25) is 9.59 Å². The van der Waals surface area contributed by atoms with Crippen LogP contribution in [0.1, 0.15) is 39.3 Å². The van der Waals surface area contributed by atoms with Gasteiger partial charge in [0.2, 0.25) is 0 Å². The number of carbonyl (C=O) groups is 2. The highest BCUT2D eigenvalue weighted by atomic mass is 35.5. The maximum absolute atomic E-state index is 12.6. The van der Waals surface area contributed by atoms with Gasteiger partial charge in [0.15, 0.2) is 16.1 Å². The molecule has 142 valence electrons. The van der Waals surface area contributed by atoms with Crippen LogP contribution in [0, 0.1) is 5.41 Å². The number of carbonyl (C=O) groups excluding carboxylic acids is 2. The van der Waals surface area contributed by atoms with Gasteiger partial charge in [-0.05, 0) is 32.9 Å². The van der Waals surface area contributed by atoms with Crippen molar-refractivity contribution in [3.8, 4) is 0 Å². The van der Waals surface area contributed by atoms with E-state index in [0.29, 0.717) is 22.3 Å². The van der Waals surface area contributed by atoms with Gasteiger partial charge in [-0.15, -0.1) is 11.3 Å². The summed E-state index contributed by atoms with van der Waals surface area (Å²) in [6, 6.07) is 7.36. The van der Waals surface area contributed by atoms with Crippen LogP contribution in [0.3, 0.4) is 0 Å². The van der Waals surface area contributed by atoms with Crippen molar-refractivity contribution in [2.45, 2.75) is 44.8 Å². The monoisotopic (exact) mass is 406 g/mol. The van der Waals surface area contributed by atoms with Gasteiger partial charge in [-0.1, -0.05) is 23.7 Å². The minimum atomic E-state index is -1.25. The number of aromatic nitrogens is 1. The summed E-state index contributed by atoms with van der Waals surface area (Å²) in [4.78, 5) is 29.7. The SMILES string of the molecule is CC1(C)C[C@@]2(C[C@@](C)(c3csc(Nc4ccccc4Cl)n3)OC2=O)C(=O)O1. The maximum atomic E-state index is 12.6. The summed E-state index contributed by atoms with van der Waals surface area (Å²) in [6.45, 7) is 5.39. The summed E-state index contributed by atoms with van der Waals surface area (Å²) in [5, 5.41) is 6.22. The quantitative estimate of drug-likeness (QED) is 0.600. The van der Waals surface area contributed by atoms with Crippen LogP contribution in [-0.4, -0.2) is 22.5 Å². The first-order valence-electron chi connectivity index (χ1n) is 8.58. The lowest BCUT2D eigenvalue weighted by molar-refractivity contribution is -0.161. The zero-order valence-electron chi connectivity index (χ0n) is 15.2. The number of esters is 2. The summed E-state index contributed by atoms with van der Waals surface area (Å²) < 4.78 is 11.1. The number of rotatable bonds is 3. The Morgan fingerprint density at radius 1 is 1.11 bits per heavy atom. The van der Waals surface area contributed by atoms with Gasteiger partial charge in [0.05, 0.1) is 16.4 Å². The van der Waals surface area contributed by atoms with Gasteiger partial charge in [-0.25, -0.2) is 4.98 Å². The second-order valence-electron chi connectivity index (χ2n) is 7.85. The van der Waals surface area contributed by atoms with Crippen molar-refractivity contribution in [2.24, 2.45) is 5.41 Å². The van der Waals surface area contributed by atoms with Crippen LogP contribution in [0.15, 0.2) is 29.6 Å². The predicted octanol–water partition coefficient (Wildman–Crippen LogP) is 4.41. The molecule has 0 radical (unpaired) electrons. The van der Waals surface area contributed by atoms with E-state index in [1.807, 2.05) is 23.6 Å². The van der Waals surface area contributed by atoms with Gasteiger partial charge in [0, 0.05) is 18.2 Å². The van der Waals surface area contributed by atoms with Gasteiger partial charge >= 0.3 is 11.9 Å². The summed E-state index contributed by atoms with van der Waals surface area (Å²) in [5.74, 6) is -1.04. The molecular weight excluding hydrogens is 388 g/mol. The Kier molecular flexibility index (Phi) is 4.01. The highest BCUT2D eigenvalue weighted by molar-refractivity contribution is 7.13. The van der Waals surface area contributed by atoms with Crippen LogP contribution >= 0.6 is 22.9 Å². The van der Waals surface area contributed by atoms with Crippen LogP contribution in [0.25, 0.3) is 0 Å². The molecule has 3 heterocycles. The molecule has 1 aromatic heterocycles. The van der Waals surface area contributed by atoms with E-state index in [4.69, 9.17) is 21.1 Å². The Bertz CT molecular complexity index is 943. The molecule has 0 aliphatic carbocycles. The number of benzene rings is 1. The largest absolute Gasteiger partial charge is 0.459 e. The average molecular weight is 407 g/mol. The van der Waals surface area contributed by atoms with E-state index in [0.717, 1.165) is 5.69 Å². The number of halogens is 1. The molecule has 0 bridgehead atoms. The number of anilines is 2. The minimum Gasteiger partial charge on any atom is -0.459 e. The van der Waals surface area contributed by atoms with Gasteiger partial charge < -0.3 is 14.8 Å². The number of cyclic esters (lactones) is 2. The number of ether oxygens (including phenoxy) is 2. The lowest BCUT2D eigenvalue weighted by Gasteiger charge is -2.20. The lowest BCUT2D eigenvalue weighted by Crippen LogP contribution is -2.32. The van der Waals surface area contributed by atoms with Crippen molar-refractivity contribution >= 4 is 45.7 Å². The Labute approximate surface area is 165 Å². The summed E-state index contributed by atoms with van der Waals surface area (Å²) in [6.07, 6.45) is 0.526. The van der Waals surface area contributed by atoms with Crippen molar-refractivity contribution in [2.75, 3.05) is 5.32 Å². The number of nitrogens with one attached hydrogen (secondary N) is 1. The molecular formula is C19H19ClN2O4S. The molecule has 1 N–H and O–H groups in total. The molecule has 2 atom stereocenters. The van der Waals surface area contributed by atoms with E-state index in [2.05, 4.69) is 10.3 Å². The van der Waals surface area contributed by atoms with Crippen molar-refractivity contribution in [1.29, 1.82) is 0 Å². The third-order valence-electron chi connectivity index (χ3n) is 5.00. The molecule has 2 aliphatic heterocycles. The van der Waals surface area contributed by atoms with Crippen molar-refractivity contribution in [3.05, 3.63) is 40.4 Å². The van der Waals surface area contributed by atoms with E-state index in [9.17, 15) is 9.59 Å². The van der Waals surface area contributed by atoms with Gasteiger partial charge in [0.1, 0.15) is 5.60 Å². The second-order valence-corrected chi connectivity index (χ2v) is 9.11. The topological polar surface area (TPSA) is 77.5 Å². The molecule has 2 fully saturated rings. The molecule has 2 aromatic rings. The Morgan fingerprint density at radius 3 is 2.48 bits per heavy atom. The third-order valence-corrected chi connectivity index (χ3v) is 6.08. The standard InChI is InChI=1S/C19H19ClN2O4S/c1-17(2)9-19(14(23)25-17)10-18(3,26-15(19)24)13-8-27-16(22-13)21-12-7-5-4-6-11(12)20/h4-8H,9-10H2,1-3H3,(H,21,22)/t18-,19+/m0/s1. The van der Waals surface area contributed by atoms with Crippen LogP contribution in [0.2, 0.25) is 5.02 Å². The third kappa shape index (κ3) is 2.99. The number of nitrogens with zero attached hydrogens (tertiary/aromatic N) is 1.